The molecule has 2 aromatic carbocycles. The highest BCUT2D eigenvalue weighted by molar-refractivity contribution is 5.95. The van der Waals surface area contributed by atoms with Gasteiger partial charge in [0, 0.05) is 19.6 Å². The molecule has 0 saturated carbocycles. The molecule has 0 spiro atoms. The molecule has 44 heavy (non-hydrogen) atoms. The van der Waals surface area contributed by atoms with Gasteiger partial charge in [0.1, 0.15) is 17.8 Å². The second-order valence-corrected chi connectivity index (χ2v) is 12.6. The minimum absolute atomic E-state index is 0.243. The standard InChI is InChI=1S/C34H46N4O6/c1-23-11-13-27-18-26(23)20-35-31(41)28(14-12-24-8-5-4-6-9-24)36-32(42)29(37-33(43)34(2,3)22-39)19-30(40)38-16-7-10-25(21-38)15-17-44-27/h4-6,8-9,11,13,18,25,28-29,39H,7,10,12,14-17,19-22H2,1-3H3,(H,35,41)(H,36,42)(H,37,43)/t25-,28-,29-/m0/s1. The number of hydrogen-bond donors (Lipinski definition) is 4. The Morgan fingerprint density at radius 2 is 1.86 bits per heavy atom. The van der Waals surface area contributed by atoms with Crippen molar-refractivity contribution < 1.29 is 29.0 Å². The van der Waals surface area contributed by atoms with Gasteiger partial charge in [0.25, 0.3) is 0 Å². The highest BCUT2D eigenvalue weighted by atomic mass is 16.5. The molecule has 0 radical (unpaired) electrons. The zero-order valence-electron chi connectivity index (χ0n) is 26.1. The number of fused-ring (bicyclic) bond motifs is 4. The molecule has 2 aromatic rings. The Labute approximate surface area is 259 Å². The number of piperidine rings is 1. The predicted octanol–water partition coefficient (Wildman–Crippen LogP) is 2.64. The number of aliphatic hydroxyl groups is 1. The summed E-state index contributed by atoms with van der Waals surface area (Å²) in [7, 11) is 0. The molecule has 1 saturated heterocycles. The van der Waals surface area contributed by atoms with Crippen LogP contribution in [0.5, 0.6) is 5.75 Å². The van der Waals surface area contributed by atoms with Gasteiger partial charge in [-0.1, -0.05) is 36.4 Å². The zero-order chi connectivity index (χ0) is 31.7. The summed E-state index contributed by atoms with van der Waals surface area (Å²) < 4.78 is 6.08. The van der Waals surface area contributed by atoms with E-state index >= 15 is 0 Å². The number of hydrogen-bond acceptors (Lipinski definition) is 6. The van der Waals surface area contributed by atoms with E-state index in [2.05, 4.69) is 16.0 Å². The summed E-state index contributed by atoms with van der Waals surface area (Å²) in [6.45, 7) is 6.54. The van der Waals surface area contributed by atoms with Gasteiger partial charge in [-0.2, -0.15) is 0 Å². The van der Waals surface area contributed by atoms with Crippen molar-refractivity contribution in [2.75, 3.05) is 26.3 Å². The van der Waals surface area contributed by atoms with Crippen molar-refractivity contribution in [3.8, 4) is 5.75 Å². The van der Waals surface area contributed by atoms with E-state index in [-0.39, 0.29) is 30.7 Å². The Balaban J connectivity index is 1.62. The molecule has 4 bridgehead atoms. The number of benzene rings is 2. The first kappa shape index (κ1) is 33.0. The average molecular weight is 607 g/mol. The molecule has 1 fully saturated rings. The molecular formula is C34H46N4O6. The van der Waals surface area contributed by atoms with Crippen molar-refractivity contribution in [1.82, 2.24) is 20.9 Å². The van der Waals surface area contributed by atoms with Crippen LogP contribution in [-0.2, 0) is 32.1 Å². The lowest BCUT2D eigenvalue weighted by Crippen LogP contribution is -2.57. The summed E-state index contributed by atoms with van der Waals surface area (Å²) in [6, 6.07) is 13.4. The third kappa shape index (κ3) is 9.05. The maximum Gasteiger partial charge on any atom is 0.243 e. The van der Waals surface area contributed by atoms with E-state index in [1.165, 1.54) is 0 Å². The fourth-order valence-corrected chi connectivity index (χ4v) is 5.54. The second-order valence-electron chi connectivity index (χ2n) is 12.6. The molecule has 4 rings (SSSR count). The Hall–Kier alpha value is -3.92. The van der Waals surface area contributed by atoms with E-state index < -0.39 is 35.9 Å². The molecule has 2 aliphatic rings. The van der Waals surface area contributed by atoms with Crippen LogP contribution in [0, 0.1) is 18.3 Å². The number of carbonyl (C=O) groups is 4. The van der Waals surface area contributed by atoms with Crippen LogP contribution >= 0.6 is 0 Å². The number of aliphatic hydroxyl groups excluding tert-OH is 1. The third-order valence-electron chi connectivity index (χ3n) is 8.65. The minimum Gasteiger partial charge on any atom is -0.494 e. The van der Waals surface area contributed by atoms with Gasteiger partial charge in [-0.05, 0) is 87.6 Å². The molecular weight excluding hydrogens is 560 g/mol. The normalized spacial score (nSPS) is 22.1. The second kappa shape index (κ2) is 15.2. The summed E-state index contributed by atoms with van der Waals surface area (Å²) in [4.78, 5) is 55.7. The topological polar surface area (TPSA) is 137 Å². The molecule has 3 atom stereocenters. The van der Waals surface area contributed by atoms with Gasteiger partial charge in [0.05, 0.1) is 25.0 Å². The van der Waals surface area contributed by atoms with Gasteiger partial charge in [0.15, 0.2) is 0 Å². The van der Waals surface area contributed by atoms with Crippen molar-refractivity contribution >= 4 is 23.6 Å². The molecule has 0 unspecified atom stereocenters. The summed E-state index contributed by atoms with van der Waals surface area (Å²) in [6.07, 6.45) is 3.19. The Kier molecular flexibility index (Phi) is 11.4. The number of nitrogens with one attached hydrogen (secondary N) is 3. The van der Waals surface area contributed by atoms with Crippen LogP contribution in [0.25, 0.3) is 0 Å². The molecule has 2 heterocycles. The van der Waals surface area contributed by atoms with Crippen molar-refractivity contribution in [1.29, 1.82) is 0 Å². The molecule has 0 aliphatic carbocycles. The van der Waals surface area contributed by atoms with E-state index in [4.69, 9.17) is 4.74 Å². The minimum atomic E-state index is -1.21. The third-order valence-corrected chi connectivity index (χ3v) is 8.65. The largest absolute Gasteiger partial charge is 0.494 e. The smallest absolute Gasteiger partial charge is 0.243 e. The highest BCUT2D eigenvalue weighted by Crippen LogP contribution is 2.23. The highest BCUT2D eigenvalue weighted by Gasteiger charge is 2.35. The summed E-state index contributed by atoms with van der Waals surface area (Å²) in [5, 5.41) is 18.3. The van der Waals surface area contributed by atoms with E-state index in [0.29, 0.717) is 32.5 Å². The van der Waals surface area contributed by atoms with E-state index in [0.717, 1.165) is 41.7 Å². The van der Waals surface area contributed by atoms with E-state index in [9.17, 15) is 24.3 Å². The molecule has 2 aliphatic heterocycles. The van der Waals surface area contributed by atoms with Crippen LogP contribution in [-0.4, -0.2) is 72.0 Å². The van der Waals surface area contributed by atoms with Crippen molar-refractivity contribution in [3.05, 3.63) is 65.2 Å². The lowest BCUT2D eigenvalue weighted by Gasteiger charge is -2.34. The van der Waals surface area contributed by atoms with Crippen LogP contribution in [0.4, 0.5) is 0 Å². The lowest BCUT2D eigenvalue weighted by molar-refractivity contribution is -0.140. The Morgan fingerprint density at radius 1 is 1.09 bits per heavy atom. The zero-order valence-corrected chi connectivity index (χ0v) is 26.1. The number of aryl methyl sites for hydroxylation is 2. The molecule has 0 aromatic heterocycles. The lowest BCUT2D eigenvalue weighted by atomic mass is 9.92. The van der Waals surface area contributed by atoms with Crippen molar-refractivity contribution in [2.45, 2.75) is 77.9 Å². The van der Waals surface area contributed by atoms with E-state index in [1.807, 2.05) is 55.5 Å². The maximum atomic E-state index is 13.8. The van der Waals surface area contributed by atoms with Gasteiger partial charge in [0.2, 0.25) is 23.6 Å². The SMILES string of the molecule is Cc1ccc2cc1CNC(=O)[C@H](CCc1ccccc1)NC(=O)[C@@H](NC(=O)C(C)(C)CO)CC(=O)N1CCC[C@@H](CCO2)C1. The number of amides is 4. The van der Waals surface area contributed by atoms with Crippen LogP contribution < -0.4 is 20.7 Å². The summed E-state index contributed by atoms with van der Waals surface area (Å²) in [5.41, 5.74) is 1.77. The van der Waals surface area contributed by atoms with Gasteiger partial charge in [-0.15, -0.1) is 0 Å². The number of ether oxygens (including phenoxy) is 1. The maximum absolute atomic E-state index is 13.8. The first-order chi connectivity index (χ1) is 21.1. The quantitative estimate of drug-likeness (QED) is 0.399. The molecule has 238 valence electrons. The van der Waals surface area contributed by atoms with Crippen molar-refractivity contribution in [2.24, 2.45) is 11.3 Å². The molecule has 4 amide bonds. The van der Waals surface area contributed by atoms with Crippen LogP contribution in [0.2, 0.25) is 0 Å². The first-order valence-corrected chi connectivity index (χ1v) is 15.6. The number of carbonyl (C=O) groups excluding carboxylic acids is 4. The molecule has 4 N–H and O–H groups in total. The molecule has 10 nitrogen and oxygen atoms in total. The van der Waals surface area contributed by atoms with Gasteiger partial charge in [-0.25, -0.2) is 0 Å². The van der Waals surface area contributed by atoms with E-state index in [1.54, 1.807) is 18.7 Å². The number of nitrogens with zero attached hydrogens (tertiary/aromatic N) is 1. The fourth-order valence-electron chi connectivity index (χ4n) is 5.54. The van der Waals surface area contributed by atoms with Gasteiger partial charge in [-0.3, -0.25) is 19.2 Å². The van der Waals surface area contributed by atoms with Gasteiger partial charge >= 0.3 is 0 Å². The Bertz CT molecular complexity index is 1310. The van der Waals surface area contributed by atoms with Gasteiger partial charge < -0.3 is 30.7 Å². The fraction of sp³-hybridized carbons (Fsp3) is 0.529. The van der Waals surface area contributed by atoms with Crippen molar-refractivity contribution in [3.63, 3.8) is 0 Å². The summed E-state index contributed by atoms with van der Waals surface area (Å²) in [5.74, 6) is -0.796. The molecule has 10 heteroatoms. The average Bonchev–Trinajstić information content (AvgIpc) is 3.02. The number of rotatable bonds is 6. The summed E-state index contributed by atoms with van der Waals surface area (Å²) >= 11 is 0. The van der Waals surface area contributed by atoms with Crippen LogP contribution in [0.3, 0.4) is 0 Å². The first-order valence-electron chi connectivity index (χ1n) is 15.6. The van der Waals surface area contributed by atoms with Crippen LogP contribution in [0.15, 0.2) is 48.5 Å². The van der Waals surface area contributed by atoms with Crippen LogP contribution in [0.1, 0.15) is 62.6 Å². The monoisotopic (exact) mass is 606 g/mol. The Morgan fingerprint density at radius 3 is 2.61 bits per heavy atom. The predicted molar refractivity (Wildman–Crippen MR) is 167 cm³/mol.